The van der Waals surface area contributed by atoms with E-state index in [0.717, 1.165) is 24.2 Å². The van der Waals surface area contributed by atoms with Gasteiger partial charge in [-0.25, -0.2) is 0 Å². The number of ether oxygens (including phenoxy) is 2. The summed E-state index contributed by atoms with van der Waals surface area (Å²) in [6.07, 6.45) is 0. The summed E-state index contributed by atoms with van der Waals surface area (Å²) in [5, 5.41) is 3.86. The average Bonchev–Trinajstić information content (AvgIpc) is 2.53. The zero-order valence-electron chi connectivity index (χ0n) is 13.5. The molecule has 0 bridgehead atoms. The minimum Gasteiger partial charge on any atom is -0.490 e. The lowest BCUT2D eigenvalue weighted by Gasteiger charge is -2.15. The fourth-order valence-electron chi connectivity index (χ4n) is 2.13. The van der Waals surface area contributed by atoms with Gasteiger partial charge in [-0.3, -0.25) is 0 Å². The second-order valence-corrected chi connectivity index (χ2v) is 5.30. The standard InChI is InChI=1S/C18H22ClNO2.ClH/c1-3-20-12-15-10-16(19)18(17(11-15)21-4-2)22-13-14-8-6-5-7-9-14;/h5-11,20H,3-4,12-13H2,1-2H3;1H. The predicted molar refractivity (Wildman–Crippen MR) is 98.0 cm³/mol. The highest BCUT2D eigenvalue weighted by atomic mass is 35.5. The first-order valence-electron chi connectivity index (χ1n) is 7.57. The molecule has 0 atom stereocenters. The summed E-state index contributed by atoms with van der Waals surface area (Å²) in [6, 6.07) is 13.9. The molecule has 2 rings (SSSR count). The quantitative estimate of drug-likeness (QED) is 0.734. The van der Waals surface area contributed by atoms with E-state index in [2.05, 4.69) is 12.2 Å². The Bertz CT molecular complexity index is 591. The number of rotatable bonds is 8. The molecule has 0 saturated carbocycles. The molecule has 0 aromatic heterocycles. The van der Waals surface area contributed by atoms with Crippen LogP contribution in [0, 0.1) is 0 Å². The normalized spacial score (nSPS) is 10.0. The van der Waals surface area contributed by atoms with Crippen LogP contribution in [0.5, 0.6) is 11.5 Å². The zero-order valence-corrected chi connectivity index (χ0v) is 15.0. The lowest BCUT2D eigenvalue weighted by Crippen LogP contribution is -2.12. The van der Waals surface area contributed by atoms with Crippen LogP contribution in [0.3, 0.4) is 0 Å². The van der Waals surface area contributed by atoms with Gasteiger partial charge in [0.15, 0.2) is 11.5 Å². The van der Waals surface area contributed by atoms with Crippen LogP contribution in [0.25, 0.3) is 0 Å². The number of benzene rings is 2. The van der Waals surface area contributed by atoms with E-state index < -0.39 is 0 Å². The Morgan fingerprint density at radius 1 is 1.00 bits per heavy atom. The molecule has 3 nitrogen and oxygen atoms in total. The largest absolute Gasteiger partial charge is 0.490 e. The predicted octanol–water partition coefficient (Wildman–Crippen LogP) is 4.85. The molecule has 0 unspecified atom stereocenters. The Labute approximate surface area is 149 Å². The highest BCUT2D eigenvalue weighted by molar-refractivity contribution is 6.32. The maximum Gasteiger partial charge on any atom is 0.180 e. The number of hydrogen-bond donors (Lipinski definition) is 1. The molecule has 0 heterocycles. The summed E-state index contributed by atoms with van der Waals surface area (Å²) in [4.78, 5) is 0. The van der Waals surface area contributed by atoms with Crippen molar-refractivity contribution in [1.82, 2.24) is 5.32 Å². The van der Waals surface area contributed by atoms with E-state index >= 15 is 0 Å². The van der Waals surface area contributed by atoms with Crippen molar-refractivity contribution in [2.24, 2.45) is 0 Å². The first kappa shape index (κ1) is 19.6. The molecule has 2 aromatic carbocycles. The van der Waals surface area contributed by atoms with E-state index in [4.69, 9.17) is 21.1 Å². The lowest BCUT2D eigenvalue weighted by atomic mass is 10.2. The van der Waals surface area contributed by atoms with E-state index in [9.17, 15) is 0 Å². The summed E-state index contributed by atoms with van der Waals surface area (Å²) in [5.41, 5.74) is 2.18. The molecule has 0 amide bonds. The molecule has 0 aliphatic carbocycles. The first-order valence-corrected chi connectivity index (χ1v) is 7.95. The molecule has 0 radical (unpaired) electrons. The second-order valence-electron chi connectivity index (χ2n) is 4.89. The number of halogens is 2. The Kier molecular flexibility index (Phi) is 8.85. The summed E-state index contributed by atoms with van der Waals surface area (Å²) in [5.74, 6) is 1.30. The zero-order chi connectivity index (χ0) is 15.8. The van der Waals surface area contributed by atoms with Crippen molar-refractivity contribution in [2.75, 3.05) is 13.2 Å². The highest BCUT2D eigenvalue weighted by Crippen LogP contribution is 2.37. The van der Waals surface area contributed by atoms with Crippen LogP contribution >= 0.6 is 24.0 Å². The number of hydrogen-bond acceptors (Lipinski definition) is 3. The van der Waals surface area contributed by atoms with Crippen molar-refractivity contribution in [1.29, 1.82) is 0 Å². The molecule has 126 valence electrons. The van der Waals surface area contributed by atoms with Crippen molar-refractivity contribution in [2.45, 2.75) is 27.0 Å². The van der Waals surface area contributed by atoms with Crippen LogP contribution in [0.4, 0.5) is 0 Å². The monoisotopic (exact) mass is 355 g/mol. The van der Waals surface area contributed by atoms with Crippen LogP contribution in [0.15, 0.2) is 42.5 Å². The smallest absolute Gasteiger partial charge is 0.180 e. The van der Waals surface area contributed by atoms with Crippen molar-refractivity contribution in [3.8, 4) is 11.5 Å². The molecule has 1 N–H and O–H groups in total. The molecule has 5 heteroatoms. The van der Waals surface area contributed by atoms with Gasteiger partial charge in [-0.2, -0.15) is 0 Å². The maximum absolute atomic E-state index is 6.38. The van der Waals surface area contributed by atoms with Gasteiger partial charge in [0.2, 0.25) is 0 Å². The third-order valence-electron chi connectivity index (χ3n) is 3.17. The van der Waals surface area contributed by atoms with Gasteiger partial charge >= 0.3 is 0 Å². The summed E-state index contributed by atoms with van der Waals surface area (Å²) in [7, 11) is 0. The molecule has 0 spiro atoms. The summed E-state index contributed by atoms with van der Waals surface area (Å²) >= 11 is 6.38. The first-order chi connectivity index (χ1) is 10.7. The summed E-state index contributed by atoms with van der Waals surface area (Å²) in [6.45, 7) is 6.73. The van der Waals surface area contributed by atoms with E-state index in [-0.39, 0.29) is 12.4 Å². The van der Waals surface area contributed by atoms with E-state index in [0.29, 0.717) is 29.7 Å². The fraction of sp³-hybridized carbons (Fsp3) is 0.333. The van der Waals surface area contributed by atoms with Gasteiger partial charge < -0.3 is 14.8 Å². The van der Waals surface area contributed by atoms with Crippen molar-refractivity contribution >= 4 is 24.0 Å². The topological polar surface area (TPSA) is 30.5 Å². The van der Waals surface area contributed by atoms with Crippen LogP contribution in [-0.2, 0) is 13.2 Å². The number of nitrogens with one attached hydrogen (secondary N) is 1. The van der Waals surface area contributed by atoms with Gasteiger partial charge in [-0.15, -0.1) is 12.4 Å². The Morgan fingerprint density at radius 2 is 1.74 bits per heavy atom. The molecule has 23 heavy (non-hydrogen) atoms. The van der Waals surface area contributed by atoms with Crippen LogP contribution < -0.4 is 14.8 Å². The summed E-state index contributed by atoms with van der Waals surface area (Å²) < 4.78 is 11.6. The molecule has 0 aliphatic rings. The molecular weight excluding hydrogens is 333 g/mol. The van der Waals surface area contributed by atoms with Crippen molar-refractivity contribution < 1.29 is 9.47 Å². The van der Waals surface area contributed by atoms with E-state index in [1.807, 2.05) is 49.4 Å². The van der Waals surface area contributed by atoms with Crippen LogP contribution in [-0.4, -0.2) is 13.2 Å². The third-order valence-corrected chi connectivity index (χ3v) is 3.46. The van der Waals surface area contributed by atoms with E-state index in [1.54, 1.807) is 0 Å². The molecule has 0 fully saturated rings. The van der Waals surface area contributed by atoms with E-state index in [1.165, 1.54) is 0 Å². The third kappa shape index (κ3) is 5.94. The van der Waals surface area contributed by atoms with Gasteiger partial charge in [0.05, 0.1) is 11.6 Å². The van der Waals surface area contributed by atoms with Crippen molar-refractivity contribution in [3.63, 3.8) is 0 Å². The van der Waals surface area contributed by atoms with Gasteiger partial charge in [0.1, 0.15) is 6.61 Å². The Balaban J connectivity index is 0.00000264. The molecule has 0 saturated heterocycles. The van der Waals surface area contributed by atoms with Crippen LogP contribution in [0.2, 0.25) is 5.02 Å². The van der Waals surface area contributed by atoms with Gasteiger partial charge in [-0.05, 0) is 36.7 Å². The average molecular weight is 356 g/mol. The van der Waals surface area contributed by atoms with Crippen LogP contribution in [0.1, 0.15) is 25.0 Å². The van der Waals surface area contributed by atoms with Gasteiger partial charge in [-0.1, -0.05) is 48.9 Å². The lowest BCUT2D eigenvalue weighted by molar-refractivity contribution is 0.269. The van der Waals surface area contributed by atoms with Gasteiger partial charge in [0.25, 0.3) is 0 Å². The minimum atomic E-state index is 0. The Hall–Kier alpha value is -1.42. The highest BCUT2D eigenvalue weighted by Gasteiger charge is 2.12. The maximum atomic E-state index is 6.38. The second kappa shape index (κ2) is 10.4. The minimum absolute atomic E-state index is 0. The SMILES string of the molecule is CCNCc1cc(Cl)c(OCc2ccccc2)c(OCC)c1.Cl. The molecule has 2 aromatic rings. The van der Waals surface area contributed by atoms with Crippen molar-refractivity contribution in [3.05, 3.63) is 58.6 Å². The molecule has 0 aliphatic heterocycles. The molecular formula is C18H23Cl2NO2. The Morgan fingerprint density at radius 3 is 2.39 bits per heavy atom. The van der Waals surface area contributed by atoms with Gasteiger partial charge in [0, 0.05) is 6.54 Å². The fourth-order valence-corrected chi connectivity index (χ4v) is 2.41.